The minimum absolute atomic E-state index is 0.454. The van der Waals surface area contributed by atoms with Gasteiger partial charge in [0.1, 0.15) is 12.7 Å². The van der Waals surface area contributed by atoms with Crippen LogP contribution in [0.4, 0.5) is 0 Å². The van der Waals surface area contributed by atoms with Gasteiger partial charge >= 0.3 is 7.12 Å². The highest BCUT2D eigenvalue weighted by Crippen LogP contribution is 2.49. The van der Waals surface area contributed by atoms with Crippen LogP contribution in [0.15, 0.2) is 49.1 Å². The molecule has 146 valence electrons. The molecule has 1 fully saturated rings. The van der Waals surface area contributed by atoms with Crippen molar-refractivity contribution in [1.82, 2.24) is 15.0 Å². The molecule has 1 saturated heterocycles. The molecule has 5 rings (SSSR count). The Bertz CT molecular complexity index is 1070. The third kappa shape index (κ3) is 2.96. The molecule has 0 N–H and O–H groups in total. The highest BCUT2D eigenvalue weighted by atomic mass is 16.7. The molecule has 2 aromatic carbocycles. The lowest BCUT2D eigenvalue weighted by molar-refractivity contribution is 0.00578. The molecular formula is C21H20BN3O4. The van der Waals surface area contributed by atoms with Crippen LogP contribution in [-0.2, 0) is 9.31 Å². The molecule has 0 unspecified atom stereocenters. The molecule has 29 heavy (non-hydrogen) atoms. The lowest BCUT2D eigenvalue weighted by Gasteiger charge is -2.32. The molecule has 0 amide bonds. The summed E-state index contributed by atoms with van der Waals surface area (Å²) in [5.41, 5.74) is 0.584. The summed E-state index contributed by atoms with van der Waals surface area (Å²) >= 11 is 0. The van der Waals surface area contributed by atoms with Crippen molar-refractivity contribution in [3.05, 3.63) is 49.1 Å². The van der Waals surface area contributed by atoms with Gasteiger partial charge in [0, 0.05) is 0 Å². The van der Waals surface area contributed by atoms with Crippen molar-refractivity contribution in [2.45, 2.75) is 38.9 Å². The van der Waals surface area contributed by atoms with E-state index in [4.69, 9.17) is 18.8 Å². The maximum atomic E-state index is 6.23. The predicted molar refractivity (Wildman–Crippen MR) is 108 cm³/mol. The van der Waals surface area contributed by atoms with E-state index in [1.54, 1.807) is 0 Å². The summed E-state index contributed by atoms with van der Waals surface area (Å²) in [6.07, 6.45) is 2.90. The molecule has 8 heteroatoms. The molecular weight excluding hydrogens is 369 g/mol. The Hall–Kier alpha value is -2.97. The van der Waals surface area contributed by atoms with Gasteiger partial charge < -0.3 is 18.8 Å². The number of aromatic nitrogens is 3. The van der Waals surface area contributed by atoms with Crippen molar-refractivity contribution in [2.75, 3.05) is 0 Å². The Morgan fingerprint density at radius 3 is 2.07 bits per heavy atom. The van der Waals surface area contributed by atoms with Gasteiger partial charge in [-0.2, -0.15) is 0 Å². The third-order valence-corrected chi connectivity index (χ3v) is 5.62. The van der Waals surface area contributed by atoms with E-state index in [9.17, 15) is 0 Å². The summed E-state index contributed by atoms with van der Waals surface area (Å²) in [6, 6.07) is 11.3. The zero-order valence-electron chi connectivity index (χ0n) is 16.7. The second-order valence-electron chi connectivity index (χ2n) is 8.10. The van der Waals surface area contributed by atoms with E-state index in [0.717, 1.165) is 5.46 Å². The van der Waals surface area contributed by atoms with Gasteiger partial charge in [0.2, 0.25) is 0 Å². The fraction of sp³-hybridized carbons (Fsp3) is 0.286. The first-order valence-electron chi connectivity index (χ1n) is 9.45. The molecule has 0 radical (unpaired) electrons. The largest absolute Gasteiger partial charge is 0.494 e. The van der Waals surface area contributed by atoms with Crippen LogP contribution < -0.4 is 14.9 Å². The fourth-order valence-electron chi connectivity index (χ4n) is 3.31. The maximum absolute atomic E-state index is 6.23. The van der Waals surface area contributed by atoms with E-state index >= 15 is 0 Å². The maximum Gasteiger partial charge on any atom is 0.494 e. The molecule has 2 aliphatic rings. The van der Waals surface area contributed by atoms with Crippen LogP contribution in [0.25, 0.3) is 11.4 Å². The minimum atomic E-state index is -0.549. The topological polar surface area (TPSA) is 75.6 Å². The Balaban J connectivity index is 1.64. The predicted octanol–water partition coefficient (Wildman–Crippen LogP) is 3.74. The number of para-hydroxylation sites is 2. The minimum Gasteiger partial charge on any atom is -0.450 e. The number of nitrogens with zero attached hydrogens (tertiary/aromatic N) is 3. The van der Waals surface area contributed by atoms with E-state index < -0.39 is 18.3 Å². The Morgan fingerprint density at radius 1 is 0.793 bits per heavy atom. The molecule has 0 spiro atoms. The van der Waals surface area contributed by atoms with Crippen molar-refractivity contribution >= 4 is 12.6 Å². The first-order valence-corrected chi connectivity index (χ1v) is 9.45. The van der Waals surface area contributed by atoms with E-state index in [2.05, 4.69) is 15.0 Å². The fourth-order valence-corrected chi connectivity index (χ4v) is 3.31. The molecule has 2 aliphatic heterocycles. The lowest BCUT2D eigenvalue weighted by Crippen LogP contribution is -2.41. The Labute approximate surface area is 169 Å². The summed E-state index contributed by atoms with van der Waals surface area (Å²) in [7, 11) is -0.549. The smallest absolute Gasteiger partial charge is 0.450 e. The average molecular weight is 389 g/mol. The summed E-state index contributed by atoms with van der Waals surface area (Å²) in [4.78, 5) is 12.5. The van der Waals surface area contributed by atoms with Gasteiger partial charge in [-0.25, -0.2) is 15.0 Å². The van der Waals surface area contributed by atoms with Gasteiger partial charge in [-0.15, -0.1) is 0 Å². The van der Waals surface area contributed by atoms with Gasteiger partial charge in [-0.05, 0) is 57.4 Å². The van der Waals surface area contributed by atoms with Crippen LogP contribution in [0.5, 0.6) is 23.0 Å². The van der Waals surface area contributed by atoms with E-state index in [-0.39, 0.29) is 0 Å². The number of hydrogen-bond donors (Lipinski definition) is 0. The van der Waals surface area contributed by atoms with Crippen LogP contribution in [0.3, 0.4) is 0 Å². The van der Waals surface area contributed by atoms with Crippen molar-refractivity contribution < 1.29 is 18.8 Å². The first-order chi connectivity index (χ1) is 13.8. The van der Waals surface area contributed by atoms with Crippen molar-refractivity contribution in [2.24, 2.45) is 0 Å². The van der Waals surface area contributed by atoms with E-state index in [0.29, 0.717) is 34.4 Å². The van der Waals surface area contributed by atoms with Crippen LogP contribution >= 0.6 is 0 Å². The standard InChI is InChI=1S/C21H20BN3O4/c1-20(2)21(3,4)29-22(28-20)13-9-14(19-24-11-23-12-25-19)18-17(10-13)26-15-7-5-6-8-16(15)27-18/h5-12H,1-4H3. The number of rotatable bonds is 2. The summed E-state index contributed by atoms with van der Waals surface area (Å²) in [5.74, 6) is 2.88. The van der Waals surface area contributed by atoms with Crippen LogP contribution in [0.1, 0.15) is 27.7 Å². The van der Waals surface area contributed by atoms with Crippen LogP contribution in [-0.4, -0.2) is 33.3 Å². The summed E-state index contributed by atoms with van der Waals surface area (Å²) in [5, 5.41) is 0. The van der Waals surface area contributed by atoms with Crippen LogP contribution in [0, 0.1) is 0 Å². The van der Waals surface area contributed by atoms with Crippen LogP contribution in [0.2, 0.25) is 0 Å². The second kappa shape index (κ2) is 6.27. The number of ether oxygens (including phenoxy) is 2. The molecule has 7 nitrogen and oxygen atoms in total. The van der Waals surface area contributed by atoms with Crippen molar-refractivity contribution in [1.29, 1.82) is 0 Å². The zero-order chi connectivity index (χ0) is 20.2. The summed E-state index contributed by atoms with van der Waals surface area (Å²) in [6.45, 7) is 8.09. The third-order valence-electron chi connectivity index (χ3n) is 5.62. The lowest BCUT2D eigenvalue weighted by atomic mass is 9.78. The normalized spacial score (nSPS) is 18.4. The zero-order valence-corrected chi connectivity index (χ0v) is 16.7. The summed E-state index contributed by atoms with van der Waals surface area (Å²) < 4.78 is 24.8. The average Bonchev–Trinajstić information content (AvgIpc) is 2.93. The Morgan fingerprint density at radius 2 is 1.41 bits per heavy atom. The molecule has 1 aromatic heterocycles. The SMILES string of the molecule is CC1(C)OB(c2cc3c(c(-c4ncncn4)c2)Oc2ccccc2O3)OC1(C)C. The highest BCUT2D eigenvalue weighted by Gasteiger charge is 2.52. The molecule has 0 aliphatic carbocycles. The van der Waals surface area contributed by atoms with E-state index in [1.807, 2.05) is 64.1 Å². The van der Waals surface area contributed by atoms with Gasteiger partial charge in [-0.3, -0.25) is 0 Å². The molecule has 0 bridgehead atoms. The Kier molecular flexibility index (Phi) is 3.91. The quantitative estimate of drug-likeness (QED) is 0.484. The van der Waals surface area contributed by atoms with Gasteiger partial charge in [0.25, 0.3) is 0 Å². The van der Waals surface area contributed by atoms with Gasteiger partial charge in [0.05, 0.1) is 16.8 Å². The first kappa shape index (κ1) is 18.1. The highest BCUT2D eigenvalue weighted by molar-refractivity contribution is 6.62. The van der Waals surface area contributed by atoms with Crippen molar-refractivity contribution in [3.8, 4) is 34.4 Å². The van der Waals surface area contributed by atoms with Gasteiger partial charge in [0.15, 0.2) is 28.8 Å². The molecule has 3 aromatic rings. The molecule has 3 heterocycles. The number of benzene rings is 2. The monoisotopic (exact) mass is 389 g/mol. The van der Waals surface area contributed by atoms with Crippen molar-refractivity contribution in [3.63, 3.8) is 0 Å². The van der Waals surface area contributed by atoms with Gasteiger partial charge in [-0.1, -0.05) is 12.1 Å². The molecule has 0 saturated carbocycles. The number of hydrogen-bond acceptors (Lipinski definition) is 7. The molecule has 0 atom stereocenters. The second-order valence-corrected chi connectivity index (χ2v) is 8.10. The number of fused-ring (bicyclic) bond motifs is 2. The van der Waals surface area contributed by atoms with E-state index in [1.165, 1.54) is 12.7 Å².